The molecule has 0 aromatic rings. The van der Waals surface area contributed by atoms with Gasteiger partial charge in [0.2, 0.25) is 0 Å². The van der Waals surface area contributed by atoms with Gasteiger partial charge in [-0.1, -0.05) is 39.3 Å². The molecule has 6 fully saturated rings. The number of halogens is 1. The van der Waals surface area contributed by atoms with Crippen molar-refractivity contribution in [1.82, 2.24) is 4.90 Å². The highest BCUT2D eigenvalue weighted by Gasteiger charge is 2.84. The Kier molecular flexibility index (Phi) is 4.93. The molecule has 0 radical (unpaired) electrons. The predicted molar refractivity (Wildman–Crippen MR) is 137 cm³/mol. The molecule has 0 amide bonds. The van der Waals surface area contributed by atoms with E-state index in [2.05, 4.69) is 38.7 Å². The lowest BCUT2D eigenvalue weighted by molar-refractivity contribution is -0.148. The summed E-state index contributed by atoms with van der Waals surface area (Å²) in [6.45, 7) is 12.4. The lowest BCUT2D eigenvalue weighted by Crippen LogP contribution is -2.54. The van der Waals surface area contributed by atoms with Crippen LogP contribution in [0.3, 0.4) is 0 Å². The van der Waals surface area contributed by atoms with E-state index >= 15 is 0 Å². The molecule has 0 aromatic heterocycles. The Hall–Kier alpha value is -0.0900. The van der Waals surface area contributed by atoms with Gasteiger partial charge in [0.05, 0.1) is 17.8 Å². The summed E-state index contributed by atoms with van der Waals surface area (Å²) in [5.74, 6) is 4.57. The van der Waals surface area contributed by atoms with Gasteiger partial charge in [-0.25, -0.2) is 0 Å². The standard InChI is InChI=1S/C30H46ClNO2/c1-18-13-25-26(32(16-18)12-11-31)19(2)30(34-25)10-8-23-22-6-5-20-14-21(33)7-9-27(20,3)24(22)15-29(23)17-28(29,30)4/h5,18-19,21-26,33H,6-17H2,1-4H3/t18-,19+,21-,22?,23-,24-,25+,26-,27-,28?,29+,30+/m0/s1. The van der Waals surface area contributed by atoms with Crippen molar-refractivity contribution in [3.8, 4) is 0 Å². The van der Waals surface area contributed by atoms with Gasteiger partial charge >= 0.3 is 0 Å². The van der Waals surface area contributed by atoms with Crippen molar-refractivity contribution < 1.29 is 9.84 Å². The van der Waals surface area contributed by atoms with Gasteiger partial charge in [0, 0.05) is 36.3 Å². The lowest BCUT2D eigenvalue weighted by Gasteiger charge is -2.50. The smallest absolute Gasteiger partial charge is 0.0787 e. The largest absolute Gasteiger partial charge is 0.393 e. The Morgan fingerprint density at radius 1 is 1.18 bits per heavy atom. The zero-order valence-electron chi connectivity index (χ0n) is 21.9. The normalized spacial score (nSPS) is 60.1. The number of piperidine rings is 1. The van der Waals surface area contributed by atoms with E-state index in [1.54, 1.807) is 5.57 Å². The zero-order chi connectivity index (χ0) is 23.7. The van der Waals surface area contributed by atoms with Gasteiger partial charge in [0.25, 0.3) is 0 Å². The third-order valence-electron chi connectivity index (χ3n) is 13.3. The lowest BCUT2D eigenvalue weighted by atomic mass is 9.56. The summed E-state index contributed by atoms with van der Waals surface area (Å²) in [5.41, 5.74) is 2.81. The maximum absolute atomic E-state index is 10.4. The quantitative estimate of drug-likeness (QED) is 0.381. The third kappa shape index (κ3) is 2.62. The molecule has 5 aliphatic carbocycles. The fourth-order valence-electron chi connectivity index (χ4n) is 11.8. The minimum absolute atomic E-state index is 0.0564. The molecule has 2 heterocycles. The Bertz CT molecular complexity index is 906. The molecule has 7 aliphatic rings. The summed E-state index contributed by atoms with van der Waals surface area (Å²) in [4.78, 5) is 2.70. The topological polar surface area (TPSA) is 32.7 Å². The monoisotopic (exact) mass is 487 g/mol. The van der Waals surface area contributed by atoms with E-state index in [0.717, 1.165) is 43.0 Å². The van der Waals surface area contributed by atoms with Crippen molar-refractivity contribution >= 4 is 11.6 Å². The van der Waals surface area contributed by atoms with Gasteiger partial charge in [0.15, 0.2) is 0 Å². The first-order valence-corrected chi connectivity index (χ1v) is 15.1. The number of hydrogen-bond donors (Lipinski definition) is 1. The van der Waals surface area contributed by atoms with Crippen LogP contribution in [0.1, 0.15) is 85.5 Å². The molecule has 0 aromatic carbocycles. The van der Waals surface area contributed by atoms with Crippen molar-refractivity contribution in [3.63, 3.8) is 0 Å². The second kappa shape index (κ2) is 7.27. The average Bonchev–Trinajstić information content (AvgIpc) is 3.13. The molecule has 12 atom stereocenters. The van der Waals surface area contributed by atoms with Gasteiger partial charge in [0.1, 0.15) is 0 Å². The van der Waals surface area contributed by atoms with Gasteiger partial charge in [-0.3, -0.25) is 4.90 Å². The summed E-state index contributed by atoms with van der Waals surface area (Å²) in [5, 5.41) is 10.4. The van der Waals surface area contributed by atoms with Crippen LogP contribution in [0.2, 0.25) is 0 Å². The summed E-state index contributed by atoms with van der Waals surface area (Å²) in [6.07, 6.45) is 13.9. The first kappa shape index (κ1) is 23.1. The summed E-state index contributed by atoms with van der Waals surface area (Å²) in [6, 6.07) is 0.551. The Balaban J connectivity index is 1.21. The molecule has 190 valence electrons. The van der Waals surface area contributed by atoms with E-state index < -0.39 is 0 Å². The van der Waals surface area contributed by atoms with Crippen LogP contribution in [0.15, 0.2) is 11.6 Å². The van der Waals surface area contributed by atoms with Crippen LogP contribution in [-0.2, 0) is 4.74 Å². The molecule has 4 saturated carbocycles. The number of aliphatic hydroxyl groups is 1. The van der Waals surface area contributed by atoms with Crippen molar-refractivity contribution in [2.75, 3.05) is 19.0 Å². The zero-order valence-corrected chi connectivity index (χ0v) is 22.6. The van der Waals surface area contributed by atoms with Crippen LogP contribution >= 0.6 is 11.6 Å². The minimum atomic E-state index is -0.110. The van der Waals surface area contributed by atoms with Gasteiger partial charge < -0.3 is 9.84 Å². The molecule has 0 bridgehead atoms. The molecule has 4 heteroatoms. The fourth-order valence-corrected chi connectivity index (χ4v) is 12.0. The van der Waals surface area contributed by atoms with Crippen LogP contribution < -0.4 is 0 Å². The molecular weight excluding hydrogens is 442 g/mol. The number of fused-ring (bicyclic) bond motifs is 6. The second-order valence-corrected chi connectivity index (χ2v) is 14.8. The Labute approximate surface area is 212 Å². The van der Waals surface area contributed by atoms with Crippen molar-refractivity contribution in [2.45, 2.75) is 109 Å². The molecule has 1 N–H and O–H groups in total. The fraction of sp³-hybridized carbons (Fsp3) is 0.933. The SMILES string of the molecule is C[C@H]1C[C@H]2O[C@]3(CC[C@H]4C5CC=C6C[C@@H](O)CC[C@]6(C)[C@H]5C[C@@]45CC53C)[C@H](C)[C@@H]2N(CCCl)C1. The van der Waals surface area contributed by atoms with Gasteiger partial charge in [-0.05, 0) is 92.3 Å². The maximum atomic E-state index is 10.4. The molecule has 7 rings (SSSR count). The van der Waals surface area contributed by atoms with Crippen molar-refractivity contribution in [3.05, 3.63) is 11.6 Å². The van der Waals surface area contributed by atoms with Gasteiger partial charge in [-0.2, -0.15) is 0 Å². The second-order valence-electron chi connectivity index (χ2n) is 14.4. The maximum Gasteiger partial charge on any atom is 0.0787 e. The van der Waals surface area contributed by atoms with Gasteiger partial charge in [-0.15, -0.1) is 11.6 Å². The Morgan fingerprint density at radius 2 is 2.00 bits per heavy atom. The van der Waals surface area contributed by atoms with Crippen LogP contribution in [0.4, 0.5) is 0 Å². The highest BCUT2D eigenvalue weighted by atomic mass is 35.5. The van der Waals surface area contributed by atoms with Crippen LogP contribution in [0, 0.1) is 45.8 Å². The summed E-state index contributed by atoms with van der Waals surface area (Å²) in [7, 11) is 0. The number of rotatable bonds is 2. The molecule has 2 aliphatic heterocycles. The molecule has 34 heavy (non-hydrogen) atoms. The minimum Gasteiger partial charge on any atom is -0.393 e. The summed E-state index contributed by atoms with van der Waals surface area (Å²) < 4.78 is 7.38. The van der Waals surface area contributed by atoms with Crippen molar-refractivity contribution in [2.24, 2.45) is 45.8 Å². The van der Waals surface area contributed by atoms with E-state index in [1.165, 1.54) is 51.5 Å². The van der Waals surface area contributed by atoms with E-state index in [0.29, 0.717) is 40.2 Å². The van der Waals surface area contributed by atoms with E-state index in [9.17, 15) is 5.11 Å². The van der Waals surface area contributed by atoms with Crippen LogP contribution in [0.25, 0.3) is 0 Å². The molecule has 2 saturated heterocycles. The number of hydrogen-bond acceptors (Lipinski definition) is 3. The van der Waals surface area contributed by atoms with Crippen LogP contribution in [-0.4, -0.2) is 52.8 Å². The number of likely N-dealkylation sites (tertiary alicyclic amines) is 1. The van der Waals surface area contributed by atoms with E-state index in [1.807, 2.05) is 0 Å². The number of aliphatic hydroxyl groups excluding tert-OH is 1. The number of nitrogens with zero attached hydrogens (tertiary/aromatic N) is 1. The first-order valence-electron chi connectivity index (χ1n) is 14.5. The Morgan fingerprint density at radius 3 is 2.79 bits per heavy atom. The van der Waals surface area contributed by atoms with E-state index in [-0.39, 0.29) is 11.7 Å². The highest BCUT2D eigenvalue weighted by Crippen LogP contribution is 2.87. The van der Waals surface area contributed by atoms with Crippen LogP contribution in [0.5, 0.6) is 0 Å². The molecule has 3 nitrogen and oxygen atoms in total. The molecule has 2 unspecified atom stereocenters. The van der Waals surface area contributed by atoms with Crippen molar-refractivity contribution in [1.29, 1.82) is 0 Å². The molecule has 2 spiro atoms. The predicted octanol–water partition coefficient (Wildman–Crippen LogP) is 6.03. The highest BCUT2D eigenvalue weighted by molar-refractivity contribution is 6.18. The number of allylic oxidation sites excluding steroid dienone is 1. The first-order chi connectivity index (χ1) is 16.2. The molecular formula is C30H46ClNO2. The number of alkyl halides is 1. The number of ether oxygens (including phenoxy) is 1. The third-order valence-corrected chi connectivity index (χ3v) is 13.5. The van der Waals surface area contributed by atoms with E-state index in [4.69, 9.17) is 16.3 Å². The average molecular weight is 488 g/mol. The summed E-state index contributed by atoms with van der Waals surface area (Å²) >= 11 is 6.28.